The van der Waals surface area contributed by atoms with E-state index in [2.05, 4.69) is 57.5 Å². The van der Waals surface area contributed by atoms with E-state index in [0.717, 1.165) is 88.2 Å². The normalized spacial score (nSPS) is 13.0. The Labute approximate surface area is 783 Å². The van der Waals surface area contributed by atoms with Crippen LogP contribution in [-0.2, 0) is 74.3 Å². The van der Waals surface area contributed by atoms with Gasteiger partial charge in [-0.1, -0.05) is 243 Å². The highest BCUT2D eigenvalue weighted by molar-refractivity contribution is 7.88. The molecule has 1 unspecified atom stereocenters. The first kappa shape index (κ1) is 98.4. The Morgan fingerprint density at radius 1 is 0.401 bits per heavy atom. The maximum Gasteiger partial charge on any atom is 0.534 e. The fraction of sp³-hybridized carbons (Fsp3) is 0.215. The summed E-state index contributed by atoms with van der Waals surface area (Å²) in [5.41, 5.74) is -8.78. The predicted molar refractivity (Wildman–Crippen MR) is 515 cm³/mol. The molecule has 0 saturated carbocycles. The van der Waals surface area contributed by atoms with Crippen molar-refractivity contribution in [3.05, 3.63) is 301 Å². The summed E-state index contributed by atoms with van der Waals surface area (Å²) in [6.07, 6.45) is -1.30. The average Bonchev–Trinajstić information content (AvgIpc) is 0.714. The summed E-state index contributed by atoms with van der Waals surface area (Å²) in [5, 5.41) is 45.3. The summed E-state index contributed by atoms with van der Waals surface area (Å²) >= 11 is 0. The van der Waals surface area contributed by atoms with E-state index in [9.17, 15) is 82.5 Å². The van der Waals surface area contributed by atoms with Crippen molar-refractivity contribution in [3.63, 3.8) is 0 Å². The minimum absolute atomic E-state index is 0.0224. The first-order valence-electron chi connectivity index (χ1n) is 43.5. The van der Waals surface area contributed by atoms with Gasteiger partial charge in [0.05, 0.1) is 55.3 Å². The molecule has 1 aliphatic rings. The van der Waals surface area contributed by atoms with Gasteiger partial charge in [-0.3, -0.25) is 9.78 Å². The molecule has 0 radical (unpaired) electrons. The van der Waals surface area contributed by atoms with E-state index < -0.39 is 107 Å². The van der Waals surface area contributed by atoms with Gasteiger partial charge in [-0.25, -0.2) is 19.2 Å². The summed E-state index contributed by atoms with van der Waals surface area (Å²) in [5.74, 6) is -5.12. The van der Waals surface area contributed by atoms with Gasteiger partial charge in [-0.05, 0) is 191 Å². The number of Topliss-reactive ketones (excluding diaryl/α,β-unsaturated/α-hetero) is 1. The number of ketones is 1. The number of aromatic nitrogens is 1. The average molecular weight is 1910 g/mol. The van der Waals surface area contributed by atoms with Crippen LogP contribution in [0.1, 0.15) is 120 Å². The van der Waals surface area contributed by atoms with E-state index in [0.29, 0.717) is 50.1 Å². The lowest BCUT2D eigenvalue weighted by Gasteiger charge is -2.30. The van der Waals surface area contributed by atoms with Gasteiger partial charge in [-0.2, -0.15) is 43.2 Å². The van der Waals surface area contributed by atoms with Gasteiger partial charge >= 0.3 is 55.1 Å². The summed E-state index contributed by atoms with van der Waals surface area (Å²) < 4.78 is 174. The maximum atomic E-state index is 13.6. The molecule has 137 heavy (non-hydrogen) atoms. The minimum Gasteiger partial charge on any atom is -0.507 e. The van der Waals surface area contributed by atoms with Gasteiger partial charge in [0.25, 0.3) is 5.78 Å². The third kappa shape index (κ3) is 20.5. The third-order valence-electron chi connectivity index (χ3n) is 22.2. The molecular weight excluding hydrogens is 1810 g/mol. The predicted octanol–water partition coefficient (Wildman–Crippen LogP) is 24.2. The number of carbonyl (C=O) groups excluding carboxylic acids is 5. The molecule has 3 atom stereocenters. The molecule has 0 fully saturated rings. The quantitative estimate of drug-likeness (QED) is 0.00990. The van der Waals surface area contributed by atoms with Crippen molar-refractivity contribution in [1.82, 2.24) is 4.98 Å². The third-order valence-corrected chi connectivity index (χ3v) is 24.1. The van der Waals surface area contributed by atoms with Crippen molar-refractivity contribution in [2.45, 2.75) is 116 Å². The number of aliphatic hydroxyl groups is 1. The summed E-state index contributed by atoms with van der Waals surface area (Å²) in [6, 6.07) is 80.0. The second-order valence-electron chi connectivity index (χ2n) is 33.3. The molecule has 0 amide bonds. The molecule has 0 bridgehead atoms. The Morgan fingerprint density at radius 2 is 0.759 bits per heavy atom. The number of aromatic hydroxyl groups is 2. The van der Waals surface area contributed by atoms with Gasteiger partial charge in [0.15, 0.2) is 29.8 Å². The molecular formula is C107H93F6NO21S2. The number of hydrogen-bond acceptors (Lipinski definition) is 22. The van der Waals surface area contributed by atoms with E-state index in [-0.39, 0.29) is 59.5 Å². The largest absolute Gasteiger partial charge is 0.534 e. The maximum absolute atomic E-state index is 13.6. The topological polar surface area (TPSA) is 310 Å². The van der Waals surface area contributed by atoms with Gasteiger partial charge in [-0.15, -0.1) is 0 Å². The Morgan fingerprint density at radius 3 is 1.23 bits per heavy atom. The highest BCUT2D eigenvalue weighted by Crippen LogP contribution is 2.51. The van der Waals surface area contributed by atoms with Gasteiger partial charge in [0, 0.05) is 61.8 Å². The molecule has 16 aromatic carbocycles. The number of rotatable bonds is 19. The summed E-state index contributed by atoms with van der Waals surface area (Å²) in [4.78, 5) is 68.1. The van der Waals surface area contributed by atoms with Crippen LogP contribution in [0.15, 0.2) is 273 Å². The molecule has 0 aliphatic carbocycles. The van der Waals surface area contributed by atoms with Crippen LogP contribution < -0.4 is 13.1 Å². The number of esters is 4. The van der Waals surface area contributed by atoms with Crippen molar-refractivity contribution in [1.29, 1.82) is 0 Å². The molecule has 30 heteroatoms. The second kappa shape index (κ2) is 40.5. The number of aliphatic hydroxyl groups excluding tert-OH is 1. The molecule has 2 heterocycles. The smallest absolute Gasteiger partial charge is 0.507 e. The van der Waals surface area contributed by atoms with Crippen molar-refractivity contribution < 1.29 is 124 Å². The molecule has 1 aliphatic heterocycles. The lowest BCUT2D eigenvalue weighted by Crippen LogP contribution is -2.31. The van der Waals surface area contributed by atoms with Gasteiger partial charge in [0.1, 0.15) is 17.2 Å². The van der Waals surface area contributed by atoms with Gasteiger partial charge < -0.3 is 56.8 Å². The van der Waals surface area contributed by atoms with Crippen LogP contribution in [0.25, 0.3) is 130 Å². The molecule has 0 spiro atoms. The highest BCUT2D eigenvalue weighted by Gasteiger charge is 2.51. The van der Waals surface area contributed by atoms with Crippen LogP contribution in [-0.4, -0.2) is 122 Å². The number of phenolic OH excluding ortho intramolecular Hbond substituents is 2. The highest BCUT2D eigenvalue weighted by atomic mass is 32.2. The Bertz CT molecular complexity index is 7800. The zero-order valence-electron chi connectivity index (χ0n) is 75.7. The Balaban J connectivity index is 0.000000141. The number of nitrogens with zero attached hydrogens (tertiary/aromatic N) is 1. The number of halogens is 6. The van der Waals surface area contributed by atoms with E-state index >= 15 is 0 Å². The minimum atomic E-state index is -6.11. The zero-order valence-corrected chi connectivity index (χ0v) is 77.3. The van der Waals surface area contributed by atoms with E-state index in [1.54, 1.807) is 113 Å². The SMILES string of the molecule is CCOC(=O)C(=O)c1c(OS(=O)(=O)C(F)(F)F)c2ccccc2c2ccccc12.CCOC(=O)C(O)c1c(O)c2ccccc2c2ccccc12.CCOC(=O)[C@@H](OC(C)(C)C)c1c(-c2ccc3c4c(ccnc24)CCO3)c2ccccc2c2ccccc12.CCOC(=O)[C@@H](OC(C)(C)C)c1c(OS(=O)(=O)C(F)(F)F)c2ccccc2c2ccccc12.Oc1cc2ccccc2c2ccccc12. The fourth-order valence-corrected chi connectivity index (χ4v) is 17.7. The summed E-state index contributed by atoms with van der Waals surface area (Å²) in [7, 11) is -12.2. The lowest BCUT2D eigenvalue weighted by atomic mass is 9.84. The molecule has 706 valence electrons. The number of alkyl halides is 6. The monoisotopic (exact) mass is 1910 g/mol. The molecule has 18 rings (SSSR count). The van der Waals surface area contributed by atoms with Crippen LogP contribution in [0, 0.1) is 0 Å². The van der Waals surface area contributed by atoms with Crippen LogP contribution in [0.2, 0.25) is 0 Å². The molecule has 17 aromatic rings. The van der Waals surface area contributed by atoms with Crippen molar-refractivity contribution in [2.24, 2.45) is 0 Å². The fourth-order valence-electron chi connectivity index (χ4n) is 16.7. The molecule has 0 saturated heterocycles. The number of benzene rings is 16. The number of ether oxygens (including phenoxy) is 7. The van der Waals surface area contributed by atoms with E-state index in [4.69, 9.17) is 37.6 Å². The number of pyridine rings is 1. The van der Waals surface area contributed by atoms with Gasteiger partial charge in [0.2, 0.25) is 0 Å². The van der Waals surface area contributed by atoms with Crippen LogP contribution >= 0.6 is 0 Å². The standard InChI is InChI=1S/C33H31NO4.C23H23F3O6S.C19H13F3O6S.C18H16O4.C14H10O/c1-5-36-32(35)31(38-33(2,3)4)29-24-13-9-7-11-22(24)21-10-6-8-12-23(21)28(29)25-14-15-26-27-20(17-19-37-26)16-18-34-30(25)27;1-5-30-21(27)20(31-22(2,3)4)18-16-12-8-6-10-14(16)15-11-7-9-13-17(15)19(18)32-33(28,29)23(24,25)26;1-2-27-18(24)16(23)15-13-9-5-3-7-11(13)12-8-4-6-10-14(12)17(15)28-29(25,26)19(20,21)22;1-2-22-18(21)17(20)15-13-9-5-3-7-11(13)12-8-4-6-10-14(12)16(15)19;15-14-9-10-5-1-2-6-11(10)12-7-3-4-8-13(12)14/h6-16,18,31H,5,17,19H2,1-4H3;6-13,20H,5H2,1-4H3;3-10H,2H2,1H3;3-10,17,19-20H,2H2,1H3;1-9,15H/t31-;20-;;;/m00.../s1. The Hall–Kier alpha value is -14.6. The second-order valence-corrected chi connectivity index (χ2v) is 36.4. The van der Waals surface area contributed by atoms with Crippen molar-refractivity contribution in [2.75, 3.05) is 33.0 Å². The zero-order chi connectivity index (χ0) is 98.4. The first-order chi connectivity index (χ1) is 65.2. The van der Waals surface area contributed by atoms with Crippen LogP contribution in [0.5, 0.6) is 28.7 Å². The van der Waals surface area contributed by atoms with Crippen LogP contribution in [0.3, 0.4) is 0 Å². The number of hydrogen-bond donors (Lipinski definition) is 3. The first-order valence-corrected chi connectivity index (χ1v) is 46.4. The van der Waals surface area contributed by atoms with E-state index in [1.165, 1.54) is 60.3 Å². The van der Waals surface area contributed by atoms with Crippen LogP contribution in [0.4, 0.5) is 26.3 Å². The lowest BCUT2D eigenvalue weighted by molar-refractivity contribution is -0.167. The Kier molecular flexibility index (Phi) is 29.1. The van der Waals surface area contributed by atoms with E-state index in [1.807, 2.05) is 131 Å². The number of carbonyl (C=O) groups is 5. The summed E-state index contributed by atoms with van der Waals surface area (Å²) in [6.45, 7) is 18.2. The molecule has 3 N–H and O–H groups in total. The number of phenols is 2. The molecule has 22 nitrogen and oxygen atoms in total. The van der Waals surface area contributed by atoms with Crippen molar-refractivity contribution >= 4 is 169 Å². The molecule has 1 aromatic heterocycles. The van der Waals surface area contributed by atoms with Crippen molar-refractivity contribution in [3.8, 4) is 39.9 Å². The number of fused-ring (bicyclic) bond motifs is 15.